The van der Waals surface area contributed by atoms with Crippen molar-refractivity contribution in [3.05, 3.63) is 89.5 Å². The minimum atomic E-state index is -3.87. The highest BCUT2D eigenvalue weighted by molar-refractivity contribution is 7.89. The third-order valence-electron chi connectivity index (χ3n) is 9.17. The first kappa shape index (κ1) is 36.7. The molecule has 0 bridgehead atoms. The van der Waals surface area contributed by atoms with Crippen LogP contribution in [0.2, 0.25) is 0 Å². The van der Waals surface area contributed by atoms with Gasteiger partial charge in [0.15, 0.2) is 0 Å². The van der Waals surface area contributed by atoms with E-state index < -0.39 is 30.1 Å². The Morgan fingerprint density at radius 1 is 0.438 bits per heavy atom. The predicted octanol–water partition coefficient (Wildman–Crippen LogP) is 5.97. The van der Waals surface area contributed by atoms with Crippen LogP contribution in [0.5, 0.6) is 0 Å². The van der Waals surface area contributed by atoms with Gasteiger partial charge >= 0.3 is 0 Å². The lowest BCUT2D eigenvalue weighted by Gasteiger charge is -2.26. The SMILES string of the molecule is Cc1ccc(S(=O)(=O)N(CCCCN(CC2CC2)S(=O)(=O)c2ccc(C)cc2)CCCN(CC2CC2)S(=O)(=O)c2ccc(C)cc2)cc1. The van der Waals surface area contributed by atoms with Gasteiger partial charge in [-0.25, -0.2) is 25.3 Å². The molecule has 48 heavy (non-hydrogen) atoms. The first-order chi connectivity index (χ1) is 22.8. The van der Waals surface area contributed by atoms with E-state index in [1.807, 2.05) is 20.8 Å². The summed E-state index contributed by atoms with van der Waals surface area (Å²) in [7, 11) is -11.3. The summed E-state index contributed by atoms with van der Waals surface area (Å²) in [6.45, 7) is 7.47. The molecule has 0 unspecified atom stereocenters. The van der Waals surface area contributed by atoms with Crippen molar-refractivity contribution in [2.24, 2.45) is 11.8 Å². The maximum Gasteiger partial charge on any atom is 0.243 e. The van der Waals surface area contributed by atoms with E-state index in [1.54, 1.807) is 77.1 Å². The normalized spacial score (nSPS) is 15.9. The van der Waals surface area contributed by atoms with Crippen LogP contribution in [0.15, 0.2) is 87.5 Å². The van der Waals surface area contributed by atoms with E-state index in [1.165, 1.54) is 8.61 Å². The van der Waals surface area contributed by atoms with Crippen LogP contribution in [-0.2, 0) is 30.1 Å². The monoisotopic (exact) mass is 715 g/mol. The maximum absolute atomic E-state index is 13.9. The zero-order chi connectivity index (χ0) is 34.5. The molecule has 2 fully saturated rings. The number of sulfonamides is 3. The van der Waals surface area contributed by atoms with Gasteiger partial charge in [-0.3, -0.25) is 0 Å². The molecule has 2 aliphatic carbocycles. The van der Waals surface area contributed by atoms with Gasteiger partial charge in [-0.1, -0.05) is 53.1 Å². The van der Waals surface area contributed by atoms with Gasteiger partial charge in [-0.2, -0.15) is 12.9 Å². The van der Waals surface area contributed by atoms with Gasteiger partial charge in [0.25, 0.3) is 0 Å². The average Bonchev–Trinajstić information content (AvgIpc) is 3.98. The molecular formula is C36H49N3O6S3. The fraction of sp³-hybridized carbons (Fsp3) is 0.500. The quantitative estimate of drug-likeness (QED) is 0.141. The fourth-order valence-electron chi connectivity index (χ4n) is 5.73. The summed E-state index contributed by atoms with van der Waals surface area (Å²) in [4.78, 5) is 0.704. The first-order valence-corrected chi connectivity index (χ1v) is 21.3. The van der Waals surface area contributed by atoms with E-state index >= 15 is 0 Å². The Hall–Kier alpha value is -2.61. The Bertz CT molecular complexity index is 1840. The van der Waals surface area contributed by atoms with Gasteiger partial charge in [0.1, 0.15) is 0 Å². The molecule has 262 valence electrons. The lowest BCUT2D eigenvalue weighted by atomic mass is 10.2. The molecular weight excluding hydrogens is 667 g/mol. The Kier molecular flexibility index (Phi) is 11.9. The van der Waals surface area contributed by atoms with Crippen molar-refractivity contribution in [3.63, 3.8) is 0 Å². The Balaban J connectivity index is 1.28. The summed E-state index contributed by atoms with van der Waals surface area (Å²) in [5.74, 6) is 0.686. The number of unbranched alkanes of at least 4 members (excludes halogenated alkanes) is 1. The molecule has 2 aliphatic rings. The molecule has 5 rings (SSSR count). The summed E-state index contributed by atoms with van der Waals surface area (Å²) in [6, 6.07) is 20.5. The van der Waals surface area contributed by atoms with Gasteiger partial charge in [0, 0.05) is 39.3 Å². The topological polar surface area (TPSA) is 112 Å². The number of hydrogen-bond acceptors (Lipinski definition) is 6. The second kappa shape index (κ2) is 15.5. The van der Waals surface area contributed by atoms with Crippen LogP contribution in [0.25, 0.3) is 0 Å². The van der Waals surface area contributed by atoms with Crippen LogP contribution in [0.4, 0.5) is 0 Å². The van der Waals surface area contributed by atoms with E-state index in [0.29, 0.717) is 50.7 Å². The van der Waals surface area contributed by atoms with Crippen LogP contribution in [0.1, 0.15) is 61.6 Å². The minimum absolute atomic E-state index is 0.147. The Labute approximate surface area is 288 Å². The molecule has 12 heteroatoms. The molecule has 0 spiro atoms. The summed E-state index contributed by atoms with van der Waals surface area (Å²) in [5, 5.41) is 0. The van der Waals surface area contributed by atoms with E-state index in [4.69, 9.17) is 0 Å². The van der Waals surface area contributed by atoms with Crippen molar-refractivity contribution in [1.82, 2.24) is 12.9 Å². The van der Waals surface area contributed by atoms with E-state index in [2.05, 4.69) is 0 Å². The lowest BCUT2D eigenvalue weighted by molar-refractivity contribution is 0.338. The molecule has 0 amide bonds. The van der Waals surface area contributed by atoms with Crippen molar-refractivity contribution < 1.29 is 25.3 Å². The van der Waals surface area contributed by atoms with E-state index in [0.717, 1.165) is 42.4 Å². The Morgan fingerprint density at radius 2 is 0.708 bits per heavy atom. The molecule has 9 nitrogen and oxygen atoms in total. The number of aryl methyl sites for hydroxylation is 3. The van der Waals surface area contributed by atoms with Gasteiger partial charge < -0.3 is 0 Å². The molecule has 0 aromatic heterocycles. The number of nitrogens with zero attached hydrogens (tertiary/aromatic N) is 3. The van der Waals surface area contributed by atoms with Crippen LogP contribution < -0.4 is 0 Å². The molecule has 3 aromatic carbocycles. The van der Waals surface area contributed by atoms with Crippen molar-refractivity contribution in [2.75, 3.05) is 39.3 Å². The molecule has 0 aliphatic heterocycles. The zero-order valence-electron chi connectivity index (χ0n) is 28.3. The summed E-state index contributed by atoms with van der Waals surface area (Å²) in [5.41, 5.74) is 2.91. The Morgan fingerprint density at radius 3 is 1.04 bits per heavy atom. The zero-order valence-corrected chi connectivity index (χ0v) is 30.7. The van der Waals surface area contributed by atoms with E-state index in [-0.39, 0.29) is 34.3 Å². The highest BCUT2D eigenvalue weighted by Gasteiger charge is 2.33. The molecule has 0 saturated heterocycles. The summed E-state index contributed by atoms with van der Waals surface area (Å²) >= 11 is 0. The number of benzene rings is 3. The molecule has 0 N–H and O–H groups in total. The molecule has 2 saturated carbocycles. The molecule has 0 radical (unpaired) electrons. The van der Waals surface area contributed by atoms with Crippen LogP contribution in [-0.4, -0.2) is 77.4 Å². The average molecular weight is 716 g/mol. The third-order valence-corrected chi connectivity index (χ3v) is 14.8. The summed E-state index contributed by atoms with van der Waals surface area (Å²) in [6.07, 6.45) is 5.30. The third kappa shape index (κ3) is 9.54. The second-order valence-corrected chi connectivity index (χ2v) is 19.3. The lowest BCUT2D eigenvalue weighted by Crippen LogP contribution is -2.38. The maximum atomic E-state index is 13.9. The van der Waals surface area contributed by atoms with Crippen molar-refractivity contribution in [2.45, 2.75) is 80.4 Å². The molecule has 0 heterocycles. The highest BCUT2D eigenvalue weighted by atomic mass is 32.2. The van der Waals surface area contributed by atoms with Gasteiger partial charge in [0.2, 0.25) is 30.1 Å². The smallest absolute Gasteiger partial charge is 0.207 e. The van der Waals surface area contributed by atoms with Crippen molar-refractivity contribution in [3.8, 4) is 0 Å². The molecule has 0 atom stereocenters. The van der Waals surface area contributed by atoms with Gasteiger partial charge in [0.05, 0.1) is 14.7 Å². The molecule has 3 aromatic rings. The van der Waals surface area contributed by atoms with Crippen molar-refractivity contribution >= 4 is 30.1 Å². The summed E-state index contributed by atoms with van der Waals surface area (Å²) < 4.78 is 86.7. The van der Waals surface area contributed by atoms with Gasteiger partial charge in [-0.05, 0) is 114 Å². The van der Waals surface area contributed by atoms with Crippen molar-refractivity contribution in [1.29, 1.82) is 0 Å². The standard InChI is InChI=1S/C36H49N3O6S3/c1-29-7-17-34(18-8-29)46(40,41)37(25-6-26-39(28-33-15-16-33)48(44,45)36-21-11-31(3)12-22-36)23-4-5-24-38(27-32-13-14-32)47(42,43)35-19-9-30(2)10-20-35/h7-12,17-22,32-33H,4-6,13-16,23-28H2,1-3H3. The fourth-order valence-corrected chi connectivity index (χ4v) is 10.4. The number of rotatable bonds is 19. The predicted molar refractivity (Wildman–Crippen MR) is 189 cm³/mol. The van der Waals surface area contributed by atoms with E-state index in [9.17, 15) is 25.3 Å². The van der Waals surface area contributed by atoms with Gasteiger partial charge in [-0.15, -0.1) is 0 Å². The second-order valence-electron chi connectivity index (χ2n) is 13.5. The van der Waals surface area contributed by atoms with Crippen LogP contribution in [0, 0.1) is 32.6 Å². The first-order valence-electron chi connectivity index (χ1n) is 17.0. The largest absolute Gasteiger partial charge is 0.243 e. The minimum Gasteiger partial charge on any atom is -0.207 e. The highest BCUT2D eigenvalue weighted by Crippen LogP contribution is 2.33. The van der Waals surface area contributed by atoms with Crippen LogP contribution in [0.3, 0.4) is 0 Å². The van der Waals surface area contributed by atoms with Crippen LogP contribution >= 0.6 is 0 Å². The number of hydrogen-bond donors (Lipinski definition) is 0.